The molecular weight excluding hydrogens is 300 g/mol. The summed E-state index contributed by atoms with van der Waals surface area (Å²) in [6.07, 6.45) is 0.890. The highest BCUT2D eigenvalue weighted by atomic mass is 16.2. The van der Waals surface area contributed by atoms with Gasteiger partial charge >= 0.3 is 0 Å². The van der Waals surface area contributed by atoms with E-state index in [0.717, 1.165) is 41.2 Å². The predicted molar refractivity (Wildman–Crippen MR) is 96.2 cm³/mol. The Morgan fingerprint density at radius 3 is 2.83 bits per heavy atom. The second-order valence-electron chi connectivity index (χ2n) is 6.15. The number of aryl methyl sites for hydroxylation is 1. The number of rotatable bonds is 3. The van der Waals surface area contributed by atoms with E-state index in [1.807, 2.05) is 42.3 Å². The van der Waals surface area contributed by atoms with Crippen molar-refractivity contribution in [2.75, 3.05) is 16.8 Å². The Morgan fingerprint density at radius 1 is 1.21 bits per heavy atom. The van der Waals surface area contributed by atoms with Crippen LogP contribution in [0.25, 0.3) is 11.0 Å². The second kappa shape index (κ2) is 5.67. The average Bonchev–Trinajstić information content (AvgIpc) is 3.15. The molecule has 1 amide bonds. The van der Waals surface area contributed by atoms with Crippen molar-refractivity contribution >= 4 is 28.3 Å². The van der Waals surface area contributed by atoms with Crippen LogP contribution >= 0.6 is 0 Å². The number of imidazole rings is 1. The molecule has 0 saturated heterocycles. The highest BCUT2D eigenvalue weighted by Gasteiger charge is 2.24. The molecular formula is C19H20N4O. The van der Waals surface area contributed by atoms with Gasteiger partial charge in [0.1, 0.15) is 5.82 Å². The number of amides is 1. The van der Waals surface area contributed by atoms with Gasteiger partial charge in [-0.3, -0.25) is 4.79 Å². The highest BCUT2D eigenvalue weighted by Crippen LogP contribution is 2.33. The second-order valence-corrected chi connectivity index (χ2v) is 6.15. The van der Waals surface area contributed by atoms with E-state index in [1.54, 1.807) is 6.92 Å². The maximum Gasteiger partial charge on any atom is 0.223 e. The Hall–Kier alpha value is -2.82. The van der Waals surface area contributed by atoms with Gasteiger partial charge in [0.15, 0.2) is 0 Å². The summed E-state index contributed by atoms with van der Waals surface area (Å²) in [6, 6.07) is 14.2. The molecule has 0 bridgehead atoms. The van der Waals surface area contributed by atoms with Crippen molar-refractivity contribution in [2.45, 2.75) is 19.9 Å². The van der Waals surface area contributed by atoms with E-state index < -0.39 is 0 Å². The van der Waals surface area contributed by atoms with Crippen molar-refractivity contribution in [1.29, 1.82) is 0 Å². The Kier molecular flexibility index (Phi) is 3.49. The highest BCUT2D eigenvalue weighted by molar-refractivity contribution is 5.95. The minimum Gasteiger partial charge on any atom is -0.378 e. The molecule has 24 heavy (non-hydrogen) atoms. The molecule has 5 heteroatoms. The lowest BCUT2D eigenvalue weighted by Gasteiger charge is -2.16. The van der Waals surface area contributed by atoms with Crippen molar-refractivity contribution in [1.82, 2.24) is 9.55 Å². The Labute approximate surface area is 140 Å². The molecule has 5 nitrogen and oxygen atoms in total. The molecule has 3 aromatic rings. The van der Waals surface area contributed by atoms with Crippen LogP contribution in [0.4, 0.5) is 11.4 Å². The van der Waals surface area contributed by atoms with Gasteiger partial charge in [-0.15, -0.1) is 0 Å². The van der Waals surface area contributed by atoms with E-state index in [9.17, 15) is 4.79 Å². The van der Waals surface area contributed by atoms with Crippen LogP contribution in [0.2, 0.25) is 0 Å². The van der Waals surface area contributed by atoms with Crippen LogP contribution in [-0.2, 0) is 24.8 Å². The summed E-state index contributed by atoms with van der Waals surface area (Å²) in [6.45, 7) is 3.03. The molecule has 122 valence electrons. The number of fused-ring (bicyclic) bond motifs is 2. The van der Waals surface area contributed by atoms with E-state index in [-0.39, 0.29) is 5.91 Å². The van der Waals surface area contributed by atoms with Crippen molar-refractivity contribution in [3.8, 4) is 0 Å². The van der Waals surface area contributed by atoms with Crippen molar-refractivity contribution in [3.63, 3.8) is 0 Å². The molecule has 0 spiro atoms. The van der Waals surface area contributed by atoms with Gasteiger partial charge in [-0.25, -0.2) is 4.98 Å². The first-order valence-electron chi connectivity index (χ1n) is 8.19. The third-order valence-electron chi connectivity index (χ3n) is 4.72. The number of benzene rings is 2. The molecule has 2 heterocycles. The van der Waals surface area contributed by atoms with Crippen LogP contribution in [0.15, 0.2) is 42.5 Å². The van der Waals surface area contributed by atoms with E-state index in [4.69, 9.17) is 4.98 Å². The quantitative estimate of drug-likeness (QED) is 0.807. The summed E-state index contributed by atoms with van der Waals surface area (Å²) in [4.78, 5) is 18.3. The number of hydrogen-bond donors (Lipinski definition) is 1. The van der Waals surface area contributed by atoms with Crippen molar-refractivity contribution < 1.29 is 4.79 Å². The van der Waals surface area contributed by atoms with E-state index in [1.165, 1.54) is 5.56 Å². The number of carbonyl (C=O) groups is 1. The fraction of sp³-hybridized carbons (Fsp3) is 0.263. The summed E-state index contributed by atoms with van der Waals surface area (Å²) in [5.74, 6) is 1.09. The van der Waals surface area contributed by atoms with Crippen LogP contribution in [0.5, 0.6) is 0 Å². The Balaban J connectivity index is 1.60. The lowest BCUT2D eigenvalue weighted by atomic mass is 10.1. The molecule has 4 rings (SSSR count). The first-order chi connectivity index (χ1) is 11.6. The summed E-state index contributed by atoms with van der Waals surface area (Å²) in [7, 11) is 2.04. The number of anilines is 2. The summed E-state index contributed by atoms with van der Waals surface area (Å²) < 4.78 is 2.12. The molecule has 0 saturated carbocycles. The minimum atomic E-state index is 0.0984. The van der Waals surface area contributed by atoms with Crippen molar-refractivity contribution in [3.05, 3.63) is 53.9 Å². The van der Waals surface area contributed by atoms with E-state index in [2.05, 4.69) is 22.0 Å². The van der Waals surface area contributed by atoms with Crippen LogP contribution in [0.1, 0.15) is 18.3 Å². The lowest BCUT2D eigenvalue weighted by Crippen LogP contribution is -2.25. The maximum atomic E-state index is 11.7. The zero-order chi connectivity index (χ0) is 16.7. The number of nitrogens with one attached hydrogen (secondary N) is 1. The van der Waals surface area contributed by atoms with Crippen LogP contribution < -0.4 is 10.2 Å². The van der Waals surface area contributed by atoms with Gasteiger partial charge in [0, 0.05) is 37.5 Å². The Bertz CT molecular complexity index is 928. The number of hydrogen-bond acceptors (Lipinski definition) is 3. The van der Waals surface area contributed by atoms with Gasteiger partial charge in [0.25, 0.3) is 0 Å². The van der Waals surface area contributed by atoms with Gasteiger partial charge in [-0.2, -0.15) is 0 Å². The van der Waals surface area contributed by atoms with Gasteiger partial charge in [-0.05, 0) is 30.7 Å². The lowest BCUT2D eigenvalue weighted by molar-refractivity contribution is -0.116. The standard InChI is InChI=1S/C19H20N4O/c1-13(24)23-11-10-14-15(7-5-9-17(14)23)20-12-19-21-16-6-3-4-8-18(16)22(19)2/h3-9,20H,10-12H2,1-2H3. The third kappa shape index (κ3) is 2.33. The summed E-state index contributed by atoms with van der Waals surface area (Å²) >= 11 is 0. The minimum absolute atomic E-state index is 0.0984. The average molecular weight is 320 g/mol. The fourth-order valence-corrected chi connectivity index (χ4v) is 3.45. The fourth-order valence-electron chi connectivity index (χ4n) is 3.45. The molecule has 0 aliphatic carbocycles. The van der Waals surface area contributed by atoms with Crippen LogP contribution in [0, 0.1) is 0 Å². The van der Waals surface area contributed by atoms with E-state index in [0.29, 0.717) is 6.54 Å². The molecule has 0 radical (unpaired) electrons. The van der Waals surface area contributed by atoms with Gasteiger partial charge in [0.05, 0.1) is 17.6 Å². The van der Waals surface area contributed by atoms with E-state index >= 15 is 0 Å². The maximum absolute atomic E-state index is 11.7. The van der Waals surface area contributed by atoms with Gasteiger partial charge < -0.3 is 14.8 Å². The molecule has 2 aromatic carbocycles. The zero-order valence-corrected chi connectivity index (χ0v) is 13.9. The molecule has 1 aliphatic rings. The molecule has 0 unspecified atom stereocenters. The van der Waals surface area contributed by atoms with Gasteiger partial charge in [0.2, 0.25) is 5.91 Å². The predicted octanol–water partition coefficient (Wildman–Crippen LogP) is 3.09. The molecule has 0 atom stereocenters. The summed E-state index contributed by atoms with van der Waals surface area (Å²) in [5.41, 5.74) is 5.47. The monoisotopic (exact) mass is 320 g/mol. The third-order valence-corrected chi connectivity index (χ3v) is 4.72. The number of para-hydroxylation sites is 2. The first-order valence-corrected chi connectivity index (χ1v) is 8.19. The van der Waals surface area contributed by atoms with Crippen molar-refractivity contribution in [2.24, 2.45) is 7.05 Å². The number of aromatic nitrogens is 2. The smallest absolute Gasteiger partial charge is 0.223 e. The first kappa shape index (κ1) is 14.8. The van der Waals surface area contributed by atoms with Crippen LogP contribution in [0.3, 0.4) is 0 Å². The zero-order valence-electron chi connectivity index (χ0n) is 13.9. The number of carbonyl (C=O) groups excluding carboxylic acids is 1. The Morgan fingerprint density at radius 2 is 2.04 bits per heavy atom. The molecule has 1 aromatic heterocycles. The van der Waals surface area contributed by atoms with Crippen LogP contribution in [-0.4, -0.2) is 22.0 Å². The normalized spacial score (nSPS) is 13.3. The molecule has 0 fully saturated rings. The topological polar surface area (TPSA) is 50.2 Å². The SMILES string of the molecule is CC(=O)N1CCc2c(NCc3nc4ccccc4n3C)cccc21. The molecule has 1 aliphatic heterocycles. The largest absolute Gasteiger partial charge is 0.378 e. The summed E-state index contributed by atoms with van der Waals surface area (Å²) in [5, 5.41) is 3.50. The molecule has 1 N–H and O–H groups in total. The van der Waals surface area contributed by atoms with Gasteiger partial charge in [-0.1, -0.05) is 18.2 Å². The number of nitrogens with zero attached hydrogens (tertiary/aromatic N) is 3.